The van der Waals surface area contributed by atoms with Crippen LogP contribution in [0.25, 0.3) is 0 Å². The van der Waals surface area contributed by atoms with Crippen LogP contribution in [0, 0.1) is 0 Å². The predicted octanol–water partition coefficient (Wildman–Crippen LogP) is 1.52. The first-order chi connectivity index (χ1) is 8.56. The van der Waals surface area contributed by atoms with Crippen LogP contribution in [-0.4, -0.2) is 41.2 Å². The number of unbranched alkanes of at least 4 members (excludes halogenated alkanes) is 1. The maximum Gasteiger partial charge on any atom is 0.237 e. The number of aliphatic hydroxyl groups excluding tert-OH is 1. The van der Waals surface area contributed by atoms with Crippen molar-refractivity contribution >= 4 is 17.7 Å². The first kappa shape index (κ1) is 17.7. The Balaban J connectivity index is 3.73. The molecular formula is C13H28N2O2S. The number of primary amides is 1. The third-order valence-corrected chi connectivity index (χ3v) is 4.13. The number of thioether (sulfide) groups is 1. The summed E-state index contributed by atoms with van der Waals surface area (Å²) in [5.41, 5.74) is 4.89. The van der Waals surface area contributed by atoms with E-state index >= 15 is 0 Å². The van der Waals surface area contributed by atoms with Gasteiger partial charge in [-0.25, -0.2) is 0 Å². The number of carbonyl (C=O) groups is 1. The highest BCUT2D eigenvalue weighted by atomic mass is 32.2. The van der Waals surface area contributed by atoms with E-state index in [2.05, 4.69) is 12.2 Å². The minimum absolute atomic E-state index is 0.260. The van der Waals surface area contributed by atoms with Crippen LogP contribution >= 0.6 is 11.8 Å². The number of nitrogens with one attached hydrogen (secondary N) is 1. The molecule has 1 atom stereocenters. The van der Waals surface area contributed by atoms with Crippen molar-refractivity contribution in [2.45, 2.75) is 51.5 Å². The van der Waals surface area contributed by atoms with E-state index in [1.54, 1.807) is 0 Å². The summed E-state index contributed by atoms with van der Waals surface area (Å²) < 4.78 is 0. The lowest BCUT2D eigenvalue weighted by Crippen LogP contribution is -2.53. The third kappa shape index (κ3) is 7.95. The summed E-state index contributed by atoms with van der Waals surface area (Å²) in [6, 6.07) is 0. The van der Waals surface area contributed by atoms with Crippen molar-refractivity contribution in [3.63, 3.8) is 0 Å². The molecule has 0 aromatic rings. The Morgan fingerprint density at radius 3 is 2.56 bits per heavy atom. The summed E-state index contributed by atoms with van der Waals surface area (Å²) in [4.78, 5) is 11.5. The van der Waals surface area contributed by atoms with Crippen molar-refractivity contribution in [1.82, 2.24) is 5.32 Å². The largest absolute Gasteiger partial charge is 0.396 e. The normalized spacial score (nSPS) is 14.4. The van der Waals surface area contributed by atoms with Crippen molar-refractivity contribution in [1.29, 1.82) is 0 Å². The number of hydrogen-bond acceptors (Lipinski definition) is 4. The van der Waals surface area contributed by atoms with Gasteiger partial charge in [-0.15, -0.1) is 0 Å². The van der Waals surface area contributed by atoms with E-state index in [0.717, 1.165) is 50.2 Å². The summed E-state index contributed by atoms with van der Waals surface area (Å²) in [6.07, 6.45) is 4.75. The maximum atomic E-state index is 11.5. The van der Waals surface area contributed by atoms with Crippen molar-refractivity contribution in [2.75, 3.05) is 24.7 Å². The van der Waals surface area contributed by atoms with Crippen molar-refractivity contribution in [3.05, 3.63) is 0 Å². The molecule has 0 saturated heterocycles. The van der Waals surface area contributed by atoms with Gasteiger partial charge >= 0.3 is 0 Å². The van der Waals surface area contributed by atoms with Crippen LogP contribution in [0.1, 0.15) is 46.0 Å². The molecule has 0 fully saturated rings. The fourth-order valence-corrected chi connectivity index (χ4v) is 2.60. The Labute approximate surface area is 115 Å². The van der Waals surface area contributed by atoms with Gasteiger partial charge in [-0.05, 0) is 50.7 Å². The summed E-state index contributed by atoms with van der Waals surface area (Å²) in [5.74, 6) is 1.84. The minimum Gasteiger partial charge on any atom is -0.396 e. The molecule has 108 valence electrons. The number of nitrogens with two attached hydrogens (primary N) is 1. The van der Waals surface area contributed by atoms with E-state index in [1.165, 1.54) is 0 Å². The zero-order chi connectivity index (χ0) is 13.9. The van der Waals surface area contributed by atoms with Crippen LogP contribution in [0.3, 0.4) is 0 Å². The Morgan fingerprint density at radius 1 is 1.33 bits per heavy atom. The molecule has 0 aliphatic carbocycles. The molecule has 0 saturated carbocycles. The van der Waals surface area contributed by atoms with Gasteiger partial charge in [0, 0.05) is 6.61 Å². The second kappa shape index (κ2) is 10.6. The SMILES string of the molecule is CCCNC(C)(CCCCSCCCO)C(N)=O. The van der Waals surface area contributed by atoms with Gasteiger partial charge in [0.05, 0.1) is 5.54 Å². The molecule has 0 aromatic carbocycles. The van der Waals surface area contributed by atoms with Gasteiger partial charge < -0.3 is 16.2 Å². The standard InChI is InChI=1S/C13H28N2O2S/c1-3-8-15-13(2,12(14)17)7-4-5-10-18-11-6-9-16/h15-16H,3-11H2,1-2H3,(H2,14,17). The lowest BCUT2D eigenvalue weighted by molar-refractivity contribution is -0.124. The molecule has 0 spiro atoms. The van der Waals surface area contributed by atoms with Crippen LogP contribution in [0.2, 0.25) is 0 Å². The number of aliphatic hydroxyl groups is 1. The monoisotopic (exact) mass is 276 g/mol. The van der Waals surface area contributed by atoms with Crippen LogP contribution in [-0.2, 0) is 4.79 Å². The van der Waals surface area contributed by atoms with Gasteiger partial charge in [0.15, 0.2) is 0 Å². The Kier molecular flexibility index (Phi) is 10.5. The third-order valence-electron chi connectivity index (χ3n) is 2.97. The Hall–Kier alpha value is -0.260. The molecule has 1 unspecified atom stereocenters. The molecular weight excluding hydrogens is 248 g/mol. The average Bonchev–Trinajstić information content (AvgIpc) is 2.35. The molecule has 0 radical (unpaired) electrons. The highest BCUT2D eigenvalue weighted by molar-refractivity contribution is 7.99. The van der Waals surface area contributed by atoms with E-state index in [9.17, 15) is 4.79 Å². The molecule has 5 heteroatoms. The van der Waals surface area contributed by atoms with Gasteiger partial charge in [-0.1, -0.05) is 13.3 Å². The first-order valence-electron chi connectivity index (χ1n) is 6.80. The molecule has 4 nitrogen and oxygen atoms in total. The van der Waals surface area contributed by atoms with Crippen LogP contribution in [0.5, 0.6) is 0 Å². The van der Waals surface area contributed by atoms with Crippen molar-refractivity contribution in [2.24, 2.45) is 5.73 Å². The lowest BCUT2D eigenvalue weighted by Gasteiger charge is -2.27. The van der Waals surface area contributed by atoms with Crippen LogP contribution in [0.15, 0.2) is 0 Å². The van der Waals surface area contributed by atoms with Gasteiger partial charge in [0.2, 0.25) is 5.91 Å². The second-order valence-electron chi connectivity index (χ2n) is 4.77. The zero-order valence-electron chi connectivity index (χ0n) is 11.7. The van der Waals surface area contributed by atoms with E-state index in [4.69, 9.17) is 10.8 Å². The van der Waals surface area contributed by atoms with E-state index in [1.807, 2.05) is 18.7 Å². The molecule has 18 heavy (non-hydrogen) atoms. The number of hydrogen-bond donors (Lipinski definition) is 3. The molecule has 1 amide bonds. The summed E-state index contributed by atoms with van der Waals surface area (Å²) in [6.45, 7) is 5.06. The highest BCUT2D eigenvalue weighted by Gasteiger charge is 2.29. The summed E-state index contributed by atoms with van der Waals surface area (Å²) in [7, 11) is 0. The van der Waals surface area contributed by atoms with Gasteiger partial charge in [-0.3, -0.25) is 4.79 Å². The van der Waals surface area contributed by atoms with Crippen LogP contribution in [0.4, 0.5) is 0 Å². The Morgan fingerprint density at radius 2 is 2.00 bits per heavy atom. The molecule has 0 bridgehead atoms. The topological polar surface area (TPSA) is 75.3 Å². The minimum atomic E-state index is -0.564. The summed E-state index contributed by atoms with van der Waals surface area (Å²) in [5, 5.41) is 11.9. The molecule has 0 heterocycles. The smallest absolute Gasteiger partial charge is 0.237 e. The quantitative estimate of drug-likeness (QED) is 0.472. The summed E-state index contributed by atoms with van der Waals surface area (Å²) >= 11 is 1.86. The molecule has 0 aliphatic rings. The average molecular weight is 276 g/mol. The second-order valence-corrected chi connectivity index (χ2v) is 5.99. The molecule has 0 aliphatic heterocycles. The van der Waals surface area contributed by atoms with E-state index in [-0.39, 0.29) is 12.5 Å². The highest BCUT2D eigenvalue weighted by Crippen LogP contribution is 2.15. The molecule has 0 aromatic heterocycles. The van der Waals surface area contributed by atoms with Gasteiger partial charge in [0.25, 0.3) is 0 Å². The van der Waals surface area contributed by atoms with E-state index in [0.29, 0.717) is 0 Å². The fraction of sp³-hybridized carbons (Fsp3) is 0.923. The number of carbonyl (C=O) groups excluding carboxylic acids is 1. The van der Waals surface area contributed by atoms with Crippen LogP contribution < -0.4 is 11.1 Å². The van der Waals surface area contributed by atoms with E-state index < -0.39 is 5.54 Å². The van der Waals surface area contributed by atoms with Gasteiger partial charge in [-0.2, -0.15) is 11.8 Å². The lowest BCUT2D eigenvalue weighted by atomic mass is 9.94. The molecule has 4 N–H and O–H groups in total. The fourth-order valence-electron chi connectivity index (χ4n) is 1.65. The van der Waals surface area contributed by atoms with Gasteiger partial charge in [0.1, 0.15) is 0 Å². The van der Waals surface area contributed by atoms with Crippen molar-refractivity contribution < 1.29 is 9.90 Å². The Bertz CT molecular complexity index is 227. The van der Waals surface area contributed by atoms with Crippen molar-refractivity contribution in [3.8, 4) is 0 Å². The number of amides is 1. The predicted molar refractivity (Wildman–Crippen MR) is 78.8 cm³/mol. The first-order valence-corrected chi connectivity index (χ1v) is 7.96. The zero-order valence-corrected chi connectivity index (χ0v) is 12.5. The molecule has 0 rings (SSSR count). The maximum absolute atomic E-state index is 11.5. The number of rotatable bonds is 12.